The van der Waals surface area contributed by atoms with E-state index in [1.54, 1.807) is 6.07 Å². The fourth-order valence-electron chi connectivity index (χ4n) is 3.60. The second-order valence-electron chi connectivity index (χ2n) is 7.94. The van der Waals surface area contributed by atoms with Gasteiger partial charge >= 0.3 is 0 Å². The Balaban J connectivity index is 1.48. The van der Waals surface area contributed by atoms with Gasteiger partial charge in [0.2, 0.25) is 15.9 Å². The van der Waals surface area contributed by atoms with Gasteiger partial charge in [0, 0.05) is 13.0 Å². The van der Waals surface area contributed by atoms with Crippen molar-refractivity contribution in [3.63, 3.8) is 0 Å². The quantitative estimate of drug-likeness (QED) is 0.466. The van der Waals surface area contributed by atoms with E-state index >= 15 is 0 Å². The molecule has 3 aromatic rings. The molecule has 7 heteroatoms. The van der Waals surface area contributed by atoms with Gasteiger partial charge in [-0.3, -0.25) is 9.10 Å². The lowest BCUT2D eigenvalue weighted by atomic mass is 10.1. The zero-order chi connectivity index (χ0) is 23.1. The Bertz CT molecular complexity index is 1190. The van der Waals surface area contributed by atoms with Crippen molar-refractivity contribution in [2.75, 3.05) is 30.3 Å². The second kappa shape index (κ2) is 10.5. The van der Waals surface area contributed by atoms with Crippen molar-refractivity contribution < 1.29 is 17.9 Å². The van der Waals surface area contributed by atoms with E-state index in [-0.39, 0.29) is 18.9 Å². The highest BCUT2D eigenvalue weighted by atomic mass is 32.2. The molecule has 0 saturated heterocycles. The van der Waals surface area contributed by atoms with Crippen LogP contribution in [0.2, 0.25) is 0 Å². The molecule has 0 unspecified atom stereocenters. The van der Waals surface area contributed by atoms with Crippen molar-refractivity contribution in [3.8, 4) is 5.75 Å². The third kappa shape index (κ3) is 6.47. The lowest BCUT2D eigenvalue weighted by Gasteiger charge is -2.22. The standard InChI is InChI=1S/C25H30N2O4S/c1-19-10-13-24(20(2)17-19)31-16-14-26-25(28)9-6-15-27(32(3,29)30)23-12-11-21-7-4-5-8-22(21)18-23/h4-5,7-8,10-13,17-18H,6,9,14-16H2,1-3H3,(H,26,28). The van der Waals surface area contributed by atoms with E-state index in [0.717, 1.165) is 22.1 Å². The van der Waals surface area contributed by atoms with Gasteiger partial charge in [-0.15, -0.1) is 0 Å². The minimum absolute atomic E-state index is 0.124. The summed E-state index contributed by atoms with van der Waals surface area (Å²) in [6.07, 6.45) is 1.85. The molecule has 0 aliphatic carbocycles. The zero-order valence-corrected chi connectivity index (χ0v) is 19.6. The van der Waals surface area contributed by atoms with Crippen molar-refractivity contribution in [1.29, 1.82) is 0 Å². The van der Waals surface area contributed by atoms with Crippen molar-refractivity contribution in [2.45, 2.75) is 26.7 Å². The Hall–Kier alpha value is -3.06. The molecule has 0 atom stereocenters. The van der Waals surface area contributed by atoms with Gasteiger partial charge < -0.3 is 10.1 Å². The number of nitrogens with zero attached hydrogens (tertiary/aromatic N) is 1. The maximum Gasteiger partial charge on any atom is 0.232 e. The number of fused-ring (bicyclic) bond motifs is 1. The molecule has 0 spiro atoms. The fourth-order valence-corrected chi connectivity index (χ4v) is 4.56. The Morgan fingerprint density at radius 3 is 2.47 bits per heavy atom. The summed E-state index contributed by atoms with van der Waals surface area (Å²) in [6.45, 7) is 5.03. The number of anilines is 1. The highest BCUT2D eigenvalue weighted by Crippen LogP contribution is 2.24. The third-order valence-electron chi connectivity index (χ3n) is 5.20. The lowest BCUT2D eigenvalue weighted by molar-refractivity contribution is -0.121. The molecule has 0 fully saturated rings. The summed E-state index contributed by atoms with van der Waals surface area (Å²) < 4.78 is 31.8. The molecule has 0 aromatic heterocycles. The predicted octanol–water partition coefficient (Wildman–Crippen LogP) is 4.20. The average Bonchev–Trinajstić information content (AvgIpc) is 2.74. The van der Waals surface area contributed by atoms with Crippen molar-refractivity contribution in [2.24, 2.45) is 0 Å². The number of sulfonamides is 1. The fraction of sp³-hybridized carbons (Fsp3) is 0.320. The smallest absolute Gasteiger partial charge is 0.232 e. The molecule has 170 valence electrons. The molecular formula is C25H30N2O4S. The molecule has 0 radical (unpaired) electrons. The molecular weight excluding hydrogens is 424 g/mol. The molecule has 0 heterocycles. The van der Waals surface area contributed by atoms with Gasteiger partial charge in [0.15, 0.2) is 0 Å². The van der Waals surface area contributed by atoms with Gasteiger partial charge in [-0.05, 0) is 54.8 Å². The SMILES string of the molecule is Cc1ccc(OCCNC(=O)CCCN(c2ccc3ccccc3c2)S(C)(=O)=O)c(C)c1. The zero-order valence-electron chi connectivity index (χ0n) is 18.8. The van der Waals surface area contributed by atoms with Gasteiger partial charge in [0.25, 0.3) is 0 Å². The maximum absolute atomic E-state index is 12.3. The monoisotopic (exact) mass is 454 g/mol. The minimum Gasteiger partial charge on any atom is -0.491 e. The molecule has 0 aliphatic heterocycles. The van der Waals surface area contributed by atoms with E-state index in [4.69, 9.17) is 4.74 Å². The highest BCUT2D eigenvalue weighted by molar-refractivity contribution is 7.92. The average molecular weight is 455 g/mol. The van der Waals surface area contributed by atoms with Gasteiger partial charge in [-0.25, -0.2) is 8.42 Å². The van der Waals surface area contributed by atoms with Gasteiger partial charge in [-0.1, -0.05) is 48.0 Å². The van der Waals surface area contributed by atoms with E-state index in [1.165, 1.54) is 16.1 Å². The number of benzene rings is 3. The van der Waals surface area contributed by atoms with Crippen LogP contribution in [0.25, 0.3) is 10.8 Å². The highest BCUT2D eigenvalue weighted by Gasteiger charge is 2.18. The van der Waals surface area contributed by atoms with E-state index in [2.05, 4.69) is 11.4 Å². The number of carbonyl (C=O) groups excluding carboxylic acids is 1. The Morgan fingerprint density at radius 2 is 1.75 bits per heavy atom. The van der Waals surface area contributed by atoms with Crippen LogP contribution in [0.1, 0.15) is 24.0 Å². The van der Waals surface area contributed by atoms with Crippen LogP contribution in [-0.4, -0.2) is 40.3 Å². The summed E-state index contributed by atoms with van der Waals surface area (Å²) in [4.78, 5) is 12.2. The summed E-state index contributed by atoms with van der Waals surface area (Å²) in [5.41, 5.74) is 2.84. The molecule has 0 aliphatic rings. The number of ether oxygens (including phenoxy) is 1. The Morgan fingerprint density at radius 1 is 1.00 bits per heavy atom. The van der Waals surface area contributed by atoms with E-state index < -0.39 is 10.0 Å². The summed E-state index contributed by atoms with van der Waals surface area (Å²) in [6, 6.07) is 19.3. The minimum atomic E-state index is -3.46. The van der Waals surface area contributed by atoms with E-state index in [1.807, 2.05) is 62.4 Å². The summed E-state index contributed by atoms with van der Waals surface area (Å²) in [7, 11) is -3.46. The molecule has 3 rings (SSSR count). The number of carbonyl (C=O) groups is 1. The van der Waals surface area contributed by atoms with Crippen molar-refractivity contribution in [1.82, 2.24) is 5.32 Å². The number of nitrogens with one attached hydrogen (secondary N) is 1. The van der Waals surface area contributed by atoms with Crippen LogP contribution >= 0.6 is 0 Å². The number of amides is 1. The lowest BCUT2D eigenvalue weighted by Crippen LogP contribution is -2.32. The number of hydrogen-bond donors (Lipinski definition) is 1. The molecule has 0 saturated carbocycles. The number of hydrogen-bond acceptors (Lipinski definition) is 4. The van der Waals surface area contributed by atoms with E-state index in [9.17, 15) is 13.2 Å². The summed E-state index contributed by atoms with van der Waals surface area (Å²) in [5, 5.41) is 4.85. The van der Waals surface area contributed by atoms with Crippen LogP contribution in [0.3, 0.4) is 0 Å². The largest absolute Gasteiger partial charge is 0.491 e. The Kier molecular flexibility index (Phi) is 7.75. The normalized spacial score (nSPS) is 11.3. The van der Waals surface area contributed by atoms with Crippen LogP contribution in [0.5, 0.6) is 5.75 Å². The van der Waals surface area contributed by atoms with Crippen LogP contribution in [0.4, 0.5) is 5.69 Å². The summed E-state index contributed by atoms with van der Waals surface area (Å²) in [5.74, 6) is 0.685. The first-order chi connectivity index (χ1) is 15.2. The molecule has 3 aromatic carbocycles. The van der Waals surface area contributed by atoms with Crippen LogP contribution in [0.15, 0.2) is 60.7 Å². The summed E-state index contributed by atoms with van der Waals surface area (Å²) >= 11 is 0. The van der Waals surface area contributed by atoms with Crippen LogP contribution in [-0.2, 0) is 14.8 Å². The topological polar surface area (TPSA) is 75.7 Å². The first-order valence-electron chi connectivity index (χ1n) is 10.7. The molecule has 0 bridgehead atoms. The molecule has 6 nitrogen and oxygen atoms in total. The molecule has 1 N–H and O–H groups in total. The van der Waals surface area contributed by atoms with Gasteiger partial charge in [0.05, 0.1) is 18.5 Å². The molecule has 32 heavy (non-hydrogen) atoms. The first-order valence-corrected chi connectivity index (χ1v) is 12.5. The van der Waals surface area contributed by atoms with E-state index in [0.29, 0.717) is 25.3 Å². The second-order valence-corrected chi connectivity index (χ2v) is 9.84. The maximum atomic E-state index is 12.3. The predicted molar refractivity (Wildman–Crippen MR) is 130 cm³/mol. The third-order valence-corrected chi connectivity index (χ3v) is 6.39. The molecule has 1 amide bonds. The van der Waals surface area contributed by atoms with Gasteiger partial charge in [0.1, 0.15) is 12.4 Å². The van der Waals surface area contributed by atoms with Crippen molar-refractivity contribution in [3.05, 3.63) is 71.8 Å². The van der Waals surface area contributed by atoms with Crippen LogP contribution < -0.4 is 14.4 Å². The number of rotatable bonds is 10. The van der Waals surface area contributed by atoms with Gasteiger partial charge in [-0.2, -0.15) is 0 Å². The van der Waals surface area contributed by atoms with Crippen molar-refractivity contribution >= 4 is 32.4 Å². The Labute approximate surface area is 190 Å². The number of aryl methyl sites for hydroxylation is 2. The first kappa shape index (κ1) is 23.6. The van der Waals surface area contributed by atoms with Crippen LogP contribution in [0, 0.1) is 13.8 Å².